The van der Waals surface area contributed by atoms with E-state index in [0.717, 1.165) is 0 Å². The monoisotopic (exact) mass is 248 g/mol. The molecule has 0 heterocycles. The van der Waals surface area contributed by atoms with E-state index in [0.29, 0.717) is 0 Å². The summed E-state index contributed by atoms with van der Waals surface area (Å²) in [4.78, 5) is 35.0. The third kappa shape index (κ3) is 2.85. The third-order valence-electron chi connectivity index (χ3n) is 1.63. The lowest BCUT2D eigenvalue weighted by molar-refractivity contribution is 0.298. The largest absolute Gasteiger partial charge is 0.357 e. The predicted octanol–water partition coefficient (Wildman–Crippen LogP) is -1.31. The average molecular weight is 248 g/mol. The Morgan fingerprint density at radius 1 is 1.21 bits per heavy atom. The average Bonchev–Trinajstić information content (AvgIpc) is 1.79. The first-order valence-electron chi connectivity index (χ1n) is 3.57. The second-order valence-corrected chi connectivity index (χ2v) is 7.27. The zero-order valence-electron chi connectivity index (χ0n) is 7.44. The van der Waals surface area contributed by atoms with E-state index >= 15 is 0 Å². The topological polar surface area (TPSA) is 167 Å². The van der Waals surface area contributed by atoms with E-state index < -0.39 is 32.7 Å². The highest BCUT2D eigenvalue weighted by molar-refractivity contribution is 7.72. The Morgan fingerprint density at radius 2 is 1.50 bits per heavy atom. The van der Waals surface area contributed by atoms with Gasteiger partial charge in [-0.05, 0) is 6.92 Å². The molecular weight excluding hydrogens is 234 g/mol. The predicted molar refractivity (Wildman–Crippen MR) is 49.3 cm³/mol. The maximum Gasteiger partial charge on any atom is 0.357 e. The van der Waals surface area contributed by atoms with Crippen LogP contribution in [0.3, 0.4) is 0 Å². The smallest absolute Gasteiger partial charge is 0.328 e. The maximum atomic E-state index is 10.9. The molecule has 8 N–H and O–H groups in total. The Labute approximate surface area is 80.6 Å². The van der Waals surface area contributed by atoms with Gasteiger partial charge in [0.25, 0.3) is 0 Å². The highest BCUT2D eigenvalue weighted by Crippen LogP contribution is 2.67. The Bertz CT molecular complexity index is 270. The van der Waals surface area contributed by atoms with E-state index in [9.17, 15) is 9.13 Å². The van der Waals surface area contributed by atoms with Gasteiger partial charge in [0.1, 0.15) is 0 Å². The fourth-order valence-electron chi connectivity index (χ4n) is 0.881. The second kappa shape index (κ2) is 4.00. The molecule has 0 bridgehead atoms. The summed E-state index contributed by atoms with van der Waals surface area (Å²) in [6.45, 7) is 1.34. The Morgan fingerprint density at radius 3 is 1.57 bits per heavy atom. The lowest BCUT2D eigenvalue weighted by Crippen LogP contribution is -2.43. The summed E-state index contributed by atoms with van der Waals surface area (Å²) >= 11 is 0. The van der Waals surface area contributed by atoms with Gasteiger partial charge in [-0.15, -0.1) is 0 Å². The minimum atomic E-state index is -5.13. The molecule has 0 radical (unpaired) electrons. The van der Waals surface area contributed by atoms with Crippen molar-refractivity contribution in [1.82, 2.24) is 0 Å². The first kappa shape index (κ1) is 14.2. The van der Waals surface area contributed by atoms with Crippen molar-refractivity contribution in [3.05, 3.63) is 0 Å². The molecule has 1 unspecified atom stereocenters. The maximum absolute atomic E-state index is 10.9. The van der Waals surface area contributed by atoms with Crippen molar-refractivity contribution in [2.24, 2.45) is 11.5 Å². The van der Waals surface area contributed by atoms with E-state index in [2.05, 4.69) is 0 Å². The Balaban J connectivity index is 5.30. The summed E-state index contributed by atoms with van der Waals surface area (Å²) in [5, 5.41) is -2.89. The number of rotatable bonds is 4. The van der Waals surface area contributed by atoms with Crippen LogP contribution in [-0.4, -0.2) is 30.6 Å². The van der Waals surface area contributed by atoms with Gasteiger partial charge >= 0.3 is 15.2 Å². The molecule has 0 amide bonds. The van der Waals surface area contributed by atoms with Crippen LogP contribution in [0.4, 0.5) is 0 Å². The van der Waals surface area contributed by atoms with E-state index in [-0.39, 0.29) is 0 Å². The van der Waals surface area contributed by atoms with Crippen molar-refractivity contribution in [1.29, 1.82) is 0 Å². The zero-order chi connectivity index (χ0) is 11.8. The number of hydrogen-bond acceptors (Lipinski definition) is 4. The van der Waals surface area contributed by atoms with Gasteiger partial charge in [0.15, 0.2) is 0 Å². The van der Waals surface area contributed by atoms with Gasteiger partial charge in [-0.25, -0.2) is 0 Å². The van der Waals surface area contributed by atoms with Crippen LogP contribution in [0.25, 0.3) is 0 Å². The number of nitrogens with two attached hydrogens (primary N) is 2. The van der Waals surface area contributed by atoms with Crippen molar-refractivity contribution in [3.63, 3.8) is 0 Å². The van der Waals surface area contributed by atoms with Crippen LogP contribution >= 0.6 is 15.2 Å². The SMILES string of the molecule is CC(N)CC(N)(P(=O)(O)O)P(=O)(O)O. The molecular formula is C4H14N2O6P2. The first-order valence-corrected chi connectivity index (χ1v) is 6.80. The van der Waals surface area contributed by atoms with Crippen molar-refractivity contribution in [2.45, 2.75) is 24.4 Å². The van der Waals surface area contributed by atoms with Crippen LogP contribution in [0.5, 0.6) is 0 Å². The quantitative estimate of drug-likeness (QED) is 0.333. The van der Waals surface area contributed by atoms with Crippen LogP contribution in [-0.2, 0) is 9.13 Å². The summed E-state index contributed by atoms with van der Waals surface area (Å²) < 4.78 is 21.7. The van der Waals surface area contributed by atoms with Crippen LogP contribution in [0.15, 0.2) is 0 Å². The normalized spacial score (nSPS) is 16.8. The van der Waals surface area contributed by atoms with Crippen LogP contribution in [0.2, 0.25) is 0 Å². The summed E-state index contributed by atoms with van der Waals surface area (Å²) in [7, 11) is -10.3. The van der Waals surface area contributed by atoms with Gasteiger partial charge in [-0.1, -0.05) is 0 Å². The molecule has 14 heavy (non-hydrogen) atoms. The molecule has 10 heteroatoms. The molecule has 0 aliphatic heterocycles. The molecule has 0 fully saturated rings. The molecule has 0 rings (SSSR count). The Kier molecular flexibility index (Phi) is 4.06. The summed E-state index contributed by atoms with van der Waals surface area (Å²) in [6.07, 6.45) is -0.665. The fraction of sp³-hybridized carbons (Fsp3) is 1.00. The van der Waals surface area contributed by atoms with Crippen molar-refractivity contribution >= 4 is 15.2 Å². The second-order valence-electron chi connectivity index (χ2n) is 3.15. The van der Waals surface area contributed by atoms with E-state index in [1.807, 2.05) is 0 Å². The van der Waals surface area contributed by atoms with Gasteiger partial charge in [-0.2, -0.15) is 0 Å². The van der Waals surface area contributed by atoms with Gasteiger partial charge in [0.05, 0.1) is 0 Å². The van der Waals surface area contributed by atoms with Crippen molar-refractivity contribution in [3.8, 4) is 0 Å². The summed E-state index contributed by atoms with van der Waals surface area (Å²) in [5.74, 6) is 0. The van der Waals surface area contributed by atoms with Gasteiger partial charge in [-0.3, -0.25) is 9.13 Å². The Hall–Kier alpha value is 0.220. The summed E-state index contributed by atoms with van der Waals surface area (Å²) in [5.41, 5.74) is 10.3. The minimum Gasteiger partial charge on any atom is -0.328 e. The lowest BCUT2D eigenvalue weighted by Gasteiger charge is -2.31. The van der Waals surface area contributed by atoms with Crippen LogP contribution in [0.1, 0.15) is 13.3 Å². The zero-order valence-corrected chi connectivity index (χ0v) is 9.23. The molecule has 0 aromatic heterocycles. The molecule has 8 nitrogen and oxygen atoms in total. The van der Waals surface area contributed by atoms with Crippen molar-refractivity contribution < 1.29 is 28.7 Å². The third-order valence-corrected chi connectivity index (χ3v) is 5.58. The van der Waals surface area contributed by atoms with E-state index in [4.69, 9.17) is 31.0 Å². The molecule has 0 aromatic carbocycles. The molecule has 86 valence electrons. The van der Waals surface area contributed by atoms with Crippen LogP contribution < -0.4 is 11.5 Å². The highest BCUT2D eigenvalue weighted by Gasteiger charge is 2.57. The van der Waals surface area contributed by atoms with Gasteiger partial charge in [0, 0.05) is 12.5 Å². The first-order chi connectivity index (χ1) is 5.92. The molecule has 0 saturated heterocycles. The van der Waals surface area contributed by atoms with Crippen LogP contribution in [0, 0.1) is 0 Å². The lowest BCUT2D eigenvalue weighted by atomic mass is 10.2. The minimum absolute atomic E-state index is 0.665. The molecule has 0 spiro atoms. The van der Waals surface area contributed by atoms with E-state index in [1.54, 1.807) is 0 Å². The number of hydrogen-bond donors (Lipinski definition) is 6. The highest BCUT2D eigenvalue weighted by atomic mass is 31.2. The van der Waals surface area contributed by atoms with E-state index in [1.165, 1.54) is 6.92 Å². The standard InChI is InChI=1S/C4H14N2O6P2/c1-3(5)2-4(6,13(7,8)9)14(10,11)12/h3H,2,5-6H2,1H3,(H2,7,8,9)(H2,10,11,12). The van der Waals surface area contributed by atoms with Gasteiger partial charge < -0.3 is 31.0 Å². The molecule has 0 aliphatic carbocycles. The van der Waals surface area contributed by atoms with Gasteiger partial charge in [0.2, 0.25) is 5.02 Å². The molecule has 0 aromatic rings. The fourth-order valence-corrected chi connectivity index (χ4v) is 3.29. The molecule has 0 saturated carbocycles. The summed E-state index contributed by atoms with van der Waals surface area (Å²) in [6, 6.07) is -0.833. The van der Waals surface area contributed by atoms with Crippen molar-refractivity contribution in [2.75, 3.05) is 0 Å². The molecule has 0 aliphatic rings. The molecule has 1 atom stereocenters.